The number of nitrogens with zero attached hydrogens (tertiary/aromatic N) is 1. The lowest BCUT2D eigenvalue weighted by Gasteiger charge is -2.24. The third kappa shape index (κ3) is 5.48. The van der Waals surface area contributed by atoms with E-state index in [0.29, 0.717) is 10.4 Å². The van der Waals surface area contributed by atoms with E-state index < -0.39 is 35.0 Å². The maximum Gasteiger partial charge on any atom is 0.310 e. The van der Waals surface area contributed by atoms with Crippen LogP contribution in [-0.4, -0.2) is 41.8 Å². The number of hydrogen-bond donors (Lipinski definition) is 1. The van der Waals surface area contributed by atoms with Crippen LogP contribution in [0.4, 0.5) is 10.2 Å². The molecule has 1 aromatic rings. The Bertz CT molecular complexity index is 679. The Morgan fingerprint density at radius 3 is 2.58 bits per heavy atom. The van der Waals surface area contributed by atoms with Gasteiger partial charge < -0.3 is 14.8 Å². The van der Waals surface area contributed by atoms with E-state index in [4.69, 9.17) is 9.47 Å². The SMILES string of the molecule is COC[C@]1(F)CC(C(=O)OC(C)(C)C)[C@H](C(=O)Nc2cccc(Br)n2)C1. The molecule has 1 N–H and O–H groups in total. The number of pyridine rings is 1. The minimum absolute atomic E-state index is 0.107. The number of nitrogens with one attached hydrogen (secondary N) is 1. The number of halogens is 2. The summed E-state index contributed by atoms with van der Waals surface area (Å²) < 4.78 is 25.9. The second-order valence-corrected chi connectivity index (χ2v) is 8.39. The van der Waals surface area contributed by atoms with Gasteiger partial charge in [-0.3, -0.25) is 9.59 Å². The molecule has 1 amide bonds. The molecule has 26 heavy (non-hydrogen) atoms. The first-order valence-electron chi connectivity index (χ1n) is 8.37. The van der Waals surface area contributed by atoms with Crippen molar-refractivity contribution in [2.75, 3.05) is 19.0 Å². The van der Waals surface area contributed by atoms with Gasteiger partial charge in [0.2, 0.25) is 5.91 Å². The molecule has 1 saturated carbocycles. The topological polar surface area (TPSA) is 77.5 Å². The Morgan fingerprint density at radius 1 is 1.35 bits per heavy atom. The van der Waals surface area contributed by atoms with Gasteiger partial charge >= 0.3 is 5.97 Å². The maximum absolute atomic E-state index is 15.0. The molecule has 1 unspecified atom stereocenters. The molecular formula is C18H24BrFN2O4. The van der Waals surface area contributed by atoms with E-state index in [-0.39, 0.29) is 19.4 Å². The highest BCUT2D eigenvalue weighted by atomic mass is 79.9. The second kappa shape index (κ2) is 8.00. The predicted molar refractivity (Wildman–Crippen MR) is 98.3 cm³/mol. The van der Waals surface area contributed by atoms with E-state index in [1.807, 2.05) is 0 Å². The van der Waals surface area contributed by atoms with Crippen molar-refractivity contribution in [2.24, 2.45) is 11.8 Å². The Balaban J connectivity index is 2.20. The molecule has 1 fully saturated rings. The molecule has 8 heteroatoms. The minimum atomic E-state index is -1.75. The van der Waals surface area contributed by atoms with Gasteiger partial charge in [-0.15, -0.1) is 0 Å². The summed E-state index contributed by atoms with van der Waals surface area (Å²) in [6.07, 6.45) is -0.218. The van der Waals surface area contributed by atoms with Crippen LogP contribution in [0, 0.1) is 11.8 Å². The standard InChI is InChI=1S/C18H24BrFN2O4/c1-17(2,3)26-16(24)12-9-18(20,10-25-4)8-11(12)15(23)22-14-7-5-6-13(19)21-14/h5-7,11-12H,8-10H2,1-4H3,(H,21,22,23)/t11-,12?,18-/m1/s1. The average molecular weight is 431 g/mol. The monoisotopic (exact) mass is 430 g/mol. The first-order chi connectivity index (χ1) is 12.0. The zero-order chi connectivity index (χ0) is 19.5. The fourth-order valence-corrected chi connectivity index (χ4v) is 3.47. The summed E-state index contributed by atoms with van der Waals surface area (Å²) in [5.74, 6) is -2.43. The van der Waals surface area contributed by atoms with Crippen molar-refractivity contribution in [3.05, 3.63) is 22.8 Å². The summed E-state index contributed by atoms with van der Waals surface area (Å²) in [4.78, 5) is 29.4. The largest absolute Gasteiger partial charge is 0.460 e. The molecule has 0 aromatic carbocycles. The number of esters is 1. The van der Waals surface area contributed by atoms with E-state index >= 15 is 4.39 Å². The number of methoxy groups -OCH3 is 1. The van der Waals surface area contributed by atoms with Gasteiger partial charge in [0.05, 0.1) is 18.4 Å². The molecule has 1 aliphatic rings. The third-order valence-corrected chi connectivity index (χ3v) is 4.51. The van der Waals surface area contributed by atoms with Gasteiger partial charge in [-0.05, 0) is 61.7 Å². The number of ether oxygens (including phenoxy) is 2. The van der Waals surface area contributed by atoms with Gasteiger partial charge in [-0.1, -0.05) is 6.07 Å². The number of hydrogen-bond acceptors (Lipinski definition) is 5. The lowest BCUT2D eigenvalue weighted by Crippen LogP contribution is -2.35. The number of anilines is 1. The maximum atomic E-state index is 15.0. The predicted octanol–water partition coefficient (Wildman–Crippen LogP) is 3.51. The van der Waals surface area contributed by atoms with Crippen molar-refractivity contribution in [1.29, 1.82) is 0 Å². The molecule has 2 rings (SSSR count). The third-order valence-electron chi connectivity index (χ3n) is 4.07. The molecule has 1 heterocycles. The Hall–Kier alpha value is -1.54. The molecule has 0 bridgehead atoms. The van der Waals surface area contributed by atoms with Gasteiger partial charge in [0, 0.05) is 7.11 Å². The van der Waals surface area contributed by atoms with E-state index in [1.54, 1.807) is 39.0 Å². The molecule has 1 aromatic heterocycles. The molecule has 0 spiro atoms. The molecule has 1 aliphatic carbocycles. The van der Waals surface area contributed by atoms with Crippen molar-refractivity contribution >= 4 is 33.6 Å². The van der Waals surface area contributed by atoms with Crippen LogP contribution in [-0.2, 0) is 19.1 Å². The van der Waals surface area contributed by atoms with Crippen LogP contribution >= 0.6 is 15.9 Å². The summed E-state index contributed by atoms with van der Waals surface area (Å²) in [6, 6.07) is 5.06. The summed E-state index contributed by atoms with van der Waals surface area (Å²) in [5.41, 5.74) is -2.46. The fraction of sp³-hybridized carbons (Fsp3) is 0.611. The highest BCUT2D eigenvalue weighted by Gasteiger charge is 2.52. The van der Waals surface area contributed by atoms with Crippen molar-refractivity contribution in [3.8, 4) is 0 Å². The Labute approximate surface area is 161 Å². The average Bonchev–Trinajstić information content (AvgIpc) is 2.84. The van der Waals surface area contributed by atoms with E-state index in [9.17, 15) is 9.59 Å². The Morgan fingerprint density at radius 2 is 2.00 bits per heavy atom. The van der Waals surface area contributed by atoms with Crippen molar-refractivity contribution in [3.63, 3.8) is 0 Å². The molecule has 0 aliphatic heterocycles. The van der Waals surface area contributed by atoms with Crippen LogP contribution in [0.2, 0.25) is 0 Å². The normalized spacial score (nSPS) is 25.8. The fourth-order valence-electron chi connectivity index (χ4n) is 3.13. The highest BCUT2D eigenvalue weighted by Crippen LogP contribution is 2.44. The van der Waals surface area contributed by atoms with Gasteiger partial charge in [-0.2, -0.15) is 0 Å². The van der Waals surface area contributed by atoms with E-state index in [0.717, 1.165) is 0 Å². The number of rotatable bonds is 5. The smallest absolute Gasteiger partial charge is 0.310 e. The lowest BCUT2D eigenvalue weighted by atomic mass is 9.95. The van der Waals surface area contributed by atoms with Crippen LogP contribution < -0.4 is 5.32 Å². The first kappa shape index (κ1) is 20.8. The summed E-state index contributed by atoms with van der Waals surface area (Å²) in [6.45, 7) is 5.03. The zero-order valence-corrected chi connectivity index (χ0v) is 16.9. The van der Waals surface area contributed by atoms with Gasteiger partial charge in [0.15, 0.2) is 0 Å². The van der Waals surface area contributed by atoms with Crippen LogP contribution in [0.25, 0.3) is 0 Å². The first-order valence-corrected chi connectivity index (χ1v) is 9.16. The van der Waals surface area contributed by atoms with E-state index in [1.165, 1.54) is 7.11 Å². The molecule has 144 valence electrons. The molecule has 3 atom stereocenters. The minimum Gasteiger partial charge on any atom is -0.460 e. The van der Waals surface area contributed by atoms with Crippen molar-refractivity contribution in [1.82, 2.24) is 4.98 Å². The molecule has 0 saturated heterocycles. The van der Waals surface area contributed by atoms with Gasteiger partial charge in [0.25, 0.3) is 0 Å². The lowest BCUT2D eigenvalue weighted by molar-refractivity contribution is -0.162. The van der Waals surface area contributed by atoms with Crippen LogP contribution in [0.1, 0.15) is 33.6 Å². The number of alkyl halides is 1. The zero-order valence-electron chi connectivity index (χ0n) is 15.3. The number of carbonyl (C=O) groups excluding carboxylic acids is 2. The summed E-state index contributed by atoms with van der Waals surface area (Å²) >= 11 is 3.23. The molecule has 6 nitrogen and oxygen atoms in total. The number of aromatic nitrogens is 1. The summed E-state index contributed by atoms with van der Waals surface area (Å²) in [5, 5.41) is 2.66. The Kier molecular flexibility index (Phi) is 6.39. The van der Waals surface area contributed by atoms with E-state index in [2.05, 4.69) is 26.2 Å². The second-order valence-electron chi connectivity index (χ2n) is 7.57. The molecular weight excluding hydrogens is 407 g/mol. The quantitative estimate of drug-likeness (QED) is 0.571. The van der Waals surface area contributed by atoms with Crippen molar-refractivity contribution in [2.45, 2.75) is 44.9 Å². The van der Waals surface area contributed by atoms with Crippen LogP contribution in [0.5, 0.6) is 0 Å². The van der Waals surface area contributed by atoms with Gasteiger partial charge in [0.1, 0.15) is 21.7 Å². The van der Waals surface area contributed by atoms with Crippen LogP contribution in [0.3, 0.4) is 0 Å². The number of carbonyl (C=O) groups is 2. The number of amides is 1. The van der Waals surface area contributed by atoms with Crippen molar-refractivity contribution < 1.29 is 23.5 Å². The van der Waals surface area contributed by atoms with Gasteiger partial charge in [-0.25, -0.2) is 9.37 Å². The molecule has 0 radical (unpaired) electrons. The highest BCUT2D eigenvalue weighted by molar-refractivity contribution is 9.10. The van der Waals surface area contributed by atoms with Crippen LogP contribution in [0.15, 0.2) is 22.8 Å². The summed E-state index contributed by atoms with van der Waals surface area (Å²) in [7, 11) is 1.39.